The molecule has 1 aromatic carbocycles. The van der Waals surface area contributed by atoms with Crippen molar-refractivity contribution >= 4 is 55.7 Å². The van der Waals surface area contributed by atoms with Gasteiger partial charge in [0, 0.05) is 6.92 Å². The Labute approximate surface area is 159 Å². The van der Waals surface area contributed by atoms with Crippen LogP contribution in [0.25, 0.3) is 6.08 Å². The Kier molecular flexibility index (Phi) is 6.64. The molecule has 0 bridgehead atoms. The molecule has 0 saturated carbocycles. The van der Waals surface area contributed by atoms with Crippen molar-refractivity contribution in [3.05, 3.63) is 50.1 Å². The first-order chi connectivity index (χ1) is 11.4. The van der Waals surface area contributed by atoms with E-state index in [2.05, 4.69) is 48.6 Å². The first-order valence-electron chi connectivity index (χ1n) is 6.56. The third-order valence-corrected chi connectivity index (χ3v) is 4.61. The highest BCUT2D eigenvalue weighted by Crippen LogP contribution is 2.36. The summed E-state index contributed by atoms with van der Waals surface area (Å²) in [5, 5.41) is 17.0. The van der Waals surface area contributed by atoms with Crippen molar-refractivity contribution in [2.45, 2.75) is 12.1 Å². The van der Waals surface area contributed by atoms with Crippen molar-refractivity contribution < 1.29 is 19.1 Å². The molecule has 24 heavy (non-hydrogen) atoms. The average molecular weight is 476 g/mol. The van der Waals surface area contributed by atoms with E-state index in [0.717, 1.165) is 11.8 Å². The van der Waals surface area contributed by atoms with Gasteiger partial charge in [-0.1, -0.05) is 12.7 Å². The Bertz CT molecular complexity index is 782. The largest absolute Gasteiger partial charge is 0.487 e. The molecule has 0 amide bonds. The number of hydrogen-bond donors (Lipinski definition) is 1. The molecule has 0 unspecified atom stereocenters. The van der Waals surface area contributed by atoms with Crippen LogP contribution in [0, 0.1) is 6.92 Å². The van der Waals surface area contributed by atoms with Gasteiger partial charge < -0.3 is 14.3 Å². The molecule has 0 aliphatic heterocycles. The maximum Gasteiger partial charge on any atom is 0.342 e. The number of hydrogen-bond acceptors (Lipinski definition) is 6. The fourth-order valence-electron chi connectivity index (χ4n) is 1.64. The monoisotopic (exact) mass is 474 g/mol. The van der Waals surface area contributed by atoms with Gasteiger partial charge in [-0.05, 0) is 67.4 Å². The summed E-state index contributed by atoms with van der Waals surface area (Å²) in [6, 6.07) is 3.51. The molecule has 1 aromatic heterocycles. The number of thioether (sulfide) groups is 1. The van der Waals surface area contributed by atoms with Crippen molar-refractivity contribution in [1.82, 2.24) is 10.2 Å². The van der Waals surface area contributed by atoms with Gasteiger partial charge in [0.2, 0.25) is 5.89 Å². The summed E-state index contributed by atoms with van der Waals surface area (Å²) in [7, 11) is 0. The molecule has 1 N–H and O–H groups in total. The van der Waals surface area contributed by atoms with Gasteiger partial charge in [-0.2, -0.15) is 0 Å². The van der Waals surface area contributed by atoms with Crippen molar-refractivity contribution in [3.63, 3.8) is 0 Å². The molecule has 126 valence electrons. The Hall–Kier alpha value is -1.58. The van der Waals surface area contributed by atoms with Crippen LogP contribution in [0.15, 0.2) is 48.3 Å². The van der Waals surface area contributed by atoms with Crippen LogP contribution in [-0.2, 0) is 4.79 Å². The Morgan fingerprint density at radius 2 is 2.08 bits per heavy atom. The number of aliphatic carboxylic acids is 1. The van der Waals surface area contributed by atoms with E-state index in [1.54, 1.807) is 25.1 Å². The second-order valence-electron chi connectivity index (χ2n) is 4.42. The van der Waals surface area contributed by atoms with Gasteiger partial charge >= 0.3 is 5.97 Å². The van der Waals surface area contributed by atoms with Crippen LogP contribution in [0.4, 0.5) is 0 Å². The summed E-state index contributed by atoms with van der Waals surface area (Å²) in [4.78, 5) is 11.5. The zero-order chi connectivity index (χ0) is 17.7. The van der Waals surface area contributed by atoms with E-state index in [0.29, 0.717) is 32.8 Å². The lowest BCUT2D eigenvalue weighted by molar-refractivity contribution is -0.131. The smallest absolute Gasteiger partial charge is 0.342 e. The standard InChI is InChI=1S/C15H12Br2N2O4S/c1-3-4-22-13-10(16)5-9(6-11(13)17)7-12(14(20)21)24-15-19-18-8(2)23-15/h3,5-7H,1,4H2,2H3,(H,20,21)/b12-7-. The van der Waals surface area contributed by atoms with Gasteiger partial charge in [-0.3, -0.25) is 0 Å². The molecule has 0 fully saturated rings. The van der Waals surface area contributed by atoms with Gasteiger partial charge in [-0.25, -0.2) is 4.79 Å². The third kappa shape index (κ3) is 4.96. The minimum absolute atomic E-state index is 0.0530. The summed E-state index contributed by atoms with van der Waals surface area (Å²) in [6.45, 7) is 5.60. The molecule has 2 rings (SSSR count). The van der Waals surface area contributed by atoms with Crippen LogP contribution < -0.4 is 4.74 Å². The molecule has 0 saturated heterocycles. The minimum Gasteiger partial charge on any atom is -0.487 e. The third-order valence-electron chi connectivity index (χ3n) is 2.58. The van der Waals surface area contributed by atoms with Crippen LogP contribution >= 0.6 is 43.6 Å². The van der Waals surface area contributed by atoms with Crippen molar-refractivity contribution in [1.29, 1.82) is 0 Å². The number of benzene rings is 1. The van der Waals surface area contributed by atoms with E-state index < -0.39 is 5.97 Å². The summed E-state index contributed by atoms with van der Waals surface area (Å²) >= 11 is 7.71. The van der Waals surface area contributed by atoms with Crippen LogP contribution in [-0.4, -0.2) is 27.9 Å². The average Bonchev–Trinajstić information content (AvgIpc) is 2.91. The zero-order valence-corrected chi connectivity index (χ0v) is 16.4. The maximum atomic E-state index is 11.5. The predicted octanol–water partition coefficient (Wildman–Crippen LogP) is 4.69. The second-order valence-corrected chi connectivity index (χ2v) is 7.12. The van der Waals surface area contributed by atoms with E-state index in [1.165, 1.54) is 6.08 Å². The number of aryl methyl sites for hydroxylation is 1. The SMILES string of the molecule is C=CCOc1c(Br)cc(/C=C(\Sc2nnc(C)o2)C(=O)O)cc1Br. The van der Waals surface area contributed by atoms with E-state index in [9.17, 15) is 9.90 Å². The molecular weight excluding hydrogens is 464 g/mol. The number of carboxylic acid groups (broad SMARTS) is 1. The minimum atomic E-state index is -1.09. The van der Waals surface area contributed by atoms with Gasteiger partial charge in [-0.15, -0.1) is 10.2 Å². The molecule has 1 heterocycles. The molecule has 2 aromatic rings. The fourth-order valence-corrected chi connectivity index (χ4v) is 3.81. The van der Waals surface area contributed by atoms with Crippen molar-refractivity contribution in [2.75, 3.05) is 6.61 Å². The number of nitrogens with zero attached hydrogens (tertiary/aromatic N) is 2. The number of carbonyl (C=O) groups is 1. The lowest BCUT2D eigenvalue weighted by Gasteiger charge is -2.10. The van der Waals surface area contributed by atoms with Crippen LogP contribution in [0.1, 0.15) is 11.5 Å². The normalized spacial score (nSPS) is 11.4. The van der Waals surface area contributed by atoms with E-state index in [1.807, 2.05) is 0 Å². The van der Waals surface area contributed by atoms with Crippen LogP contribution in [0.5, 0.6) is 5.75 Å². The Morgan fingerprint density at radius 3 is 2.58 bits per heavy atom. The molecule has 0 spiro atoms. The fraction of sp³-hybridized carbons (Fsp3) is 0.133. The van der Waals surface area contributed by atoms with Gasteiger partial charge in [0.05, 0.1) is 8.95 Å². The highest BCUT2D eigenvalue weighted by atomic mass is 79.9. The molecule has 6 nitrogen and oxygen atoms in total. The van der Waals surface area contributed by atoms with E-state index in [4.69, 9.17) is 9.15 Å². The van der Waals surface area contributed by atoms with Crippen molar-refractivity contribution in [2.24, 2.45) is 0 Å². The van der Waals surface area contributed by atoms with E-state index >= 15 is 0 Å². The lowest BCUT2D eigenvalue weighted by Crippen LogP contribution is -1.98. The Balaban J connectivity index is 2.32. The number of aromatic nitrogens is 2. The van der Waals surface area contributed by atoms with E-state index in [-0.39, 0.29) is 10.1 Å². The highest BCUT2D eigenvalue weighted by molar-refractivity contribution is 9.11. The topological polar surface area (TPSA) is 85.5 Å². The van der Waals surface area contributed by atoms with Crippen LogP contribution in [0.3, 0.4) is 0 Å². The number of rotatable bonds is 7. The first kappa shape index (κ1) is 18.8. The summed E-state index contributed by atoms with van der Waals surface area (Å²) < 4.78 is 12.1. The zero-order valence-electron chi connectivity index (χ0n) is 12.5. The highest BCUT2D eigenvalue weighted by Gasteiger charge is 2.15. The first-order valence-corrected chi connectivity index (χ1v) is 8.96. The molecule has 0 atom stereocenters. The van der Waals surface area contributed by atoms with Gasteiger partial charge in [0.15, 0.2) is 0 Å². The predicted molar refractivity (Wildman–Crippen MR) is 98.0 cm³/mol. The number of halogens is 2. The molecule has 0 radical (unpaired) electrons. The molecule has 0 aliphatic carbocycles. The number of carboxylic acids is 1. The van der Waals surface area contributed by atoms with Gasteiger partial charge in [0.25, 0.3) is 5.22 Å². The molecular formula is C15H12Br2N2O4S. The molecule has 9 heteroatoms. The molecule has 0 aliphatic rings. The summed E-state index contributed by atoms with van der Waals surface area (Å²) in [5.41, 5.74) is 0.667. The lowest BCUT2D eigenvalue weighted by atomic mass is 10.2. The summed E-state index contributed by atoms with van der Waals surface area (Å²) in [6.07, 6.45) is 3.15. The van der Waals surface area contributed by atoms with Gasteiger partial charge in [0.1, 0.15) is 17.3 Å². The second kappa shape index (κ2) is 8.50. The summed E-state index contributed by atoms with van der Waals surface area (Å²) in [5.74, 6) is -0.101. The number of ether oxygens (including phenoxy) is 1. The maximum absolute atomic E-state index is 11.5. The van der Waals surface area contributed by atoms with Crippen LogP contribution in [0.2, 0.25) is 0 Å². The Morgan fingerprint density at radius 1 is 1.42 bits per heavy atom. The van der Waals surface area contributed by atoms with Crippen molar-refractivity contribution in [3.8, 4) is 5.75 Å². The quantitative estimate of drug-likeness (QED) is 0.353.